The summed E-state index contributed by atoms with van der Waals surface area (Å²) in [5.41, 5.74) is 1.51. The summed E-state index contributed by atoms with van der Waals surface area (Å²) in [6.07, 6.45) is 0. The van der Waals surface area contributed by atoms with Crippen LogP contribution in [-0.2, 0) is 26.2 Å². The van der Waals surface area contributed by atoms with Gasteiger partial charge >= 0.3 is 5.97 Å². The van der Waals surface area contributed by atoms with E-state index in [9.17, 15) is 27.5 Å². The number of halogens is 1. The van der Waals surface area contributed by atoms with E-state index in [1.165, 1.54) is 43.3 Å². The minimum Gasteiger partial charge on any atom is -0.489 e. The quantitative estimate of drug-likeness (QED) is 0.456. The summed E-state index contributed by atoms with van der Waals surface area (Å²) < 4.78 is 45.4. The van der Waals surface area contributed by atoms with Crippen LogP contribution in [0.25, 0.3) is 0 Å². The van der Waals surface area contributed by atoms with Crippen LogP contribution >= 0.6 is 0 Å². The molecule has 12 heteroatoms. The Bertz CT molecular complexity index is 1080. The number of sulfonamides is 1. The molecule has 1 saturated heterocycles. The molecule has 0 spiro atoms. The van der Waals surface area contributed by atoms with Crippen molar-refractivity contribution in [1.29, 1.82) is 0 Å². The van der Waals surface area contributed by atoms with E-state index in [-0.39, 0.29) is 17.3 Å². The summed E-state index contributed by atoms with van der Waals surface area (Å²) in [5.74, 6) is 1.63. The molecule has 1 amide bonds. The molecule has 0 radical (unpaired) electrons. The smallest absolute Gasteiger partial charge is 0.324 e. The minimum atomic E-state index is -4.22. The van der Waals surface area contributed by atoms with Gasteiger partial charge in [-0.2, -0.15) is 4.31 Å². The van der Waals surface area contributed by atoms with Crippen LogP contribution in [0.3, 0.4) is 0 Å². The number of carboxylic acids is 1. The molecule has 3 rings (SSSR count). The molecule has 5 N–H and O–H groups in total. The highest BCUT2D eigenvalue weighted by atomic mass is 32.2. The Labute approximate surface area is 184 Å². The third-order valence-electron chi connectivity index (χ3n) is 4.85. The van der Waals surface area contributed by atoms with E-state index in [1.807, 2.05) is 0 Å². The molecule has 0 bridgehead atoms. The maximum atomic E-state index is 13.2. The first kappa shape index (κ1) is 25.2. The van der Waals surface area contributed by atoms with Gasteiger partial charge in [-0.25, -0.2) is 18.7 Å². The predicted octanol–water partition coefficient (Wildman–Crippen LogP) is 1.01. The Morgan fingerprint density at radius 3 is 2.44 bits per heavy atom. The summed E-state index contributed by atoms with van der Waals surface area (Å²) in [7, 11) is -4.22. The van der Waals surface area contributed by atoms with E-state index in [4.69, 9.17) is 9.94 Å². The molecule has 0 aromatic heterocycles. The first-order valence-corrected chi connectivity index (χ1v) is 10.8. The van der Waals surface area contributed by atoms with Gasteiger partial charge in [0.15, 0.2) is 0 Å². The van der Waals surface area contributed by atoms with Gasteiger partial charge in [0.2, 0.25) is 15.9 Å². The number of carbonyl (C=O) groups is 2. The number of rotatable bonds is 6. The average molecular weight is 469 g/mol. The average Bonchev–Trinajstić information content (AvgIpc) is 2.74. The monoisotopic (exact) mass is 469 g/mol. The summed E-state index contributed by atoms with van der Waals surface area (Å²) in [4.78, 5) is 23.2. The zero-order chi connectivity index (χ0) is 24.1. The number of nitrogens with zero attached hydrogens (tertiary/aromatic N) is 1. The second-order valence-corrected chi connectivity index (χ2v) is 8.91. The number of carbonyl (C=O) groups excluding carboxylic acids is 1. The van der Waals surface area contributed by atoms with Gasteiger partial charge in [0.1, 0.15) is 24.2 Å². The molecule has 32 heavy (non-hydrogen) atoms. The number of nitrogens with two attached hydrogens (primary N) is 1. The van der Waals surface area contributed by atoms with Crippen molar-refractivity contribution in [3.05, 3.63) is 59.4 Å². The van der Waals surface area contributed by atoms with Crippen molar-refractivity contribution in [1.82, 2.24) is 9.62 Å². The summed E-state index contributed by atoms with van der Waals surface area (Å²) in [6.45, 7) is 2.79. The lowest BCUT2D eigenvalue weighted by atomic mass is 10.1. The zero-order valence-corrected chi connectivity index (χ0v) is 18.2. The molecule has 174 valence electrons. The Kier molecular flexibility index (Phi) is 8.27. The predicted molar refractivity (Wildman–Crippen MR) is 111 cm³/mol. The first-order chi connectivity index (χ1) is 15.1. The third kappa shape index (κ3) is 5.59. The van der Waals surface area contributed by atoms with Crippen molar-refractivity contribution in [3.63, 3.8) is 0 Å². The molecule has 0 aliphatic carbocycles. The van der Waals surface area contributed by atoms with Crippen LogP contribution in [-0.4, -0.2) is 53.5 Å². The number of hydrogen-bond acceptors (Lipinski definition) is 7. The third-order valence-corrected chi connectivity index (χ3v) is 6.70. The van der Waals surface area contributed by atoms with Crippen LogP contribution in [0.15, 0.2) is 47.4 Å². The molecule has 1 heterocycles. The zero-order valence-electron chi connectivity index (χ0n) is 17.4. The van der Waals surface area contributed by atoms with Gasteiger partial charge in [-0.15, -0.1) is 0 Å². The first-order valence-electron chi connectivity index (χ1n) is 9.37. The van der Waals surface area contributed by atoms with Crippen LogP contribution < -0.4 is 16.0 Å². The number of aliphatic carboxylic acids is 1. The number of ether oxygens (including phenoxy) is 1. The maximum Gasteiger partial charge on any atom is 0.324 e. The topological polar surface area (TPSA) is 159 Å². The number of benzene rings is 2. The van der Waals surface area contributed by atoms with Crippen LogP contribution in [0.2, 0.25) is 0 Å². The highest BCUT2D eigenvalue weighted by Crippen LogP contribution is 2.25. The maximum absolute atomic E-state index is 13.2. The van der Waals surface area contributed by atoms with E-state index >= 15 is 0 Å². The van der Waals surface area contributed by atoms with Crippen LogP contribution in [0.4, 0.5) is 4.39 Å². The summed E-state index contributed by atoms with van der Waals surface area (Å²) >= 11 is 0. The standard InChI is InChI=1S/C20H21FN2O6S.H3NO/c1-12-9-15(21)4-3-14(12)11-29-16-5-7-17(8-6-16)30(27,28)23-10-18(24)22-13(2)19(23)20(25)26;1-2/h3-9,13,19H,10-11H2,1-2H3,(H,22,24)(H,25,26);2H,1H2/t13-,19+;/m0./s1. The van der Waals surface area contributed by atoms with E-state index in [0.29, 0.717) is 10.1 Å². The SMILES string of the molecule is Cc1cc(F)ccc1COc1ccc(S(=O)(=O)N2CC(=O)N[C@@H](C)[C@@H]2C(=O)O)cc1.NO. The van der Waals surface area contributed by atoms with Gasteiger partial charge in [0.05, 0.1) is 17.5 Å². The summed E-state index contributed by atoms with van der Waals surface area (Å²) in [6, 6.07) is 7.50. The molecular formula is C20H24FN3O7S. The van der Waals surface area contributed by atoms with E-state index in [1.54, 1.807) is 13.0 Å². The van der Waals surface area contributed by atoms with Gasteiger partial charge in [0.25, 0.3) is 0 Å². The van der Waals surface area contributed by atoms with Crippen LogP contribution in [0.5, 0.6) is 5.75 Å². The van der Waals surface area contributed by atoms with Crippen LogP contribution in [0.1, 0.15) is 18.1 Å². The number of nitrogens with one attached hydrogen (secondary N) is 1. The normalized spacial score (nSPS) is 18.8. The highest BCUT2D eigenvalue weighted by molar-refractivity contribution is 7.89. The Morgan fingerprint density at radius 2 is 1.88 bits per heavy atom. The fourth-order valence-electron chi connectivity index (χ4n) is 3.26. The Hall–Kier alpha value is -3.06. The molecule has 1 aliphatic rings. The number of piperazine rings is 1. The van der Waals surface area contributed by atoms with Crippen molar-refractivity contribution >= 4 is 21.9 Å². The van der Waals surface area contributed by atoms with Crippen molar-refractivity contribution in [2.75, 3.05) is 6.54 Å². The van der Waals surface area contributed by atoms with Crippen LogP contribution in [0, 0.1) is 12.7 Å². The van der Waals surface area contributed by atoms with Gasteiger partial charge < -0.3 is 20.4 Å². The van der Waals surface area contributed by atoms with Gasteiger partial charge in [0, 0.05) is 0 Å². The van der Waals surface area contributed by atoms with E-state index in [0.717, 1.165) is 11.1 Å². The second-order valence-electron chi connectivity index (χ2n) is 7.02. The number of aryl methyl sites for hydroxylation is 1. The number of amides is 1. The number of hydrogen-bond donors (Lipinski definition) is 4. The van der Waals surface area contributed by atoms with Gasteiger partial charge in [-0.3, -0.25) is 9.59 Å². The number of carboxylic acid groups (broad SMARTS) is 1. The molecule has 0 saturated carbocycles. The molecule has 2 aromatic rings. The van der Waals surface area contributed by atoms with Gasteiger partial charge in [-0.05, 0) is 61.4 Å². The van der Waals surface area contributed by atoms with Gasteiger partial charge in [-0.1, -0.05) is 6.07 Å². The molecule has 10 nitrogen and oxygen atoms in total. The lowest BCUT2D eigenvalue weighted by Crippen LogP contribution is -2.63. The van der Waals surface area contributed by atoms with Crippen molar-refractivity contribution in [2.24, 2.45) is 5.90 Å². The lowest BCUT2D eigenvalue weighted by molar-refractivity contribution is -0.144. The van der Waals surface area contributed by atoms with Crippen molar-refractivity contribution < 1.29 is 37.4 Å². The van der Waals surface area contributed by atoms with Crippen molar-refractivity contribution in [3.8, 4) is 5.75 Å². The molecule has 2 aromatic carbocycles. The fourth-order valence-corrected chi connectivity index (χ4v) is 4.87. The molecule has 1 aliphatic heterocycles. The molecule has 1 fully saturated rings. The Morgan fingerprint density at radius 1 is 1.25 bits per heavy atom. The van der Waals surface area contributed by atoms with E-state index in [2.05, 4.69) is 11.2 Å². The molecular weight excluding hydrogens is 445 g/mol. The highest BCUT2D eigenvalue weighted by Gasteiger charge is 2.44. The molecule has 2 atom stereocenters. The second kappa shape index (κ2) is 10.5. The molecule has 0 unspecified atom stereocenters. The minimum absolute atomic E-state index is 0.152. The van der Waals surface area contributed by atoms with E-state index < -0.39 is 40.5 Å². The largest absolute Gasteiger partial charge is 0.489 e. The van der Waals surface area contributed by atoms with Crippen molar-refractivity contribution in [2.45, 2.75) is 37.4 Å². The summed E-state index contributed by atoms with van der Waals surface area (Å²) in [5, 5.41) is 18.4. The lowest BCUT2D eigenvalue weighted by Gasteiger charge is -2.36. The Balaban J connectivity index is 0.00000176. The fraction of sp³-hybridized carbons (Fsp3) is 0.300.